The lowest BCUT2D eigenvalue weighted by atomic mass is 10.1. The van der Waals surface area contributed by atoms with Crippen LogP contribution in [0.5, 0.6) is 17.2 Å². The Hall–Kier alpha value is -3.42. The fraction of sp³-hybridized carbons (Fsp3) is 0.120. The van der Waals surface area contributed by atoms with E-state index in [1.807, 2.05) is 31.2 Å². The maximum atomic E-state index is 12.9. The number of ketones is 1. The minimum absolute atomic E-state index is 0.148. The Bertz CT molecular complexity index is 1290. The number of allylic oxidation sites excluding steroid dienone is 1. The van der Waals surface area contributed by atoms with E-state index in [0.29, 0.717) is 40.5 Å². The number of hydrogen-bond donors (Lipinski definition) is 0. The Morgan fingerprint density at radius 2 is 1.97 bits per heavy atom. The number of rotatable bonds is 3. The molecule has 160 valence electrons. The predicted octanol–water partition coefficient (Wildman–Crippen LogP) is 5.46. The van der Waals surface area contributed by atoms with Crippen molar-refractivity contribution in [1.82, 2.24) is 0 Å². The minimum Gasteiger partial charge on any atom is -0.467 e. The van der Waals surface area contributed by atoms with Crippen molar-refractivity contribution < 1.29 is 28.5 Å². The van der Waals surface area contributed by atoms with E-state index in [9.17, 15) is 9.59 Å². The van der Waals surface area contributed by atoms with Crippen molar-refractivity contribution in [3.63, 3.8) is 0 Å². The highest BCUT2D eigenvalue weighted by Crippen LogP contribution is 2.38. The molecular formula is C25H17BrO6. The van der Waals surface area contributed by atoms with Crippen molar-refractivity contribution in [1.29, 1.82) is 0 Å². The smallest absolute Gasteiger partial charge is 0.343 e. The average molecular weight is 493 g/mol. The second kappa shape index (κ2) is 8.26. The van der Waals surface area contributed by atoms with Gasteiger partial charge in [0.2, 0.25) is 5.78 Å². The first-order chi connectivity index (χ1) is 15.5. The van der Waals surface area contributed by atoms with Gasteiger partial charge < -0.3 is 18.9 Å². The van der Waals surface area contributed by atoms with Gasteiger partial charge in [-0.05, 0) is 48.9 Å². The molecule has 0 amide bonds. The lowest BCUT2D eigenvalue weighted by Crippen LogP contribution is -2.12. The molecule has 0 radical (unpaired) electrons. The van der Waals surface area contributed by atoms with Crippen LogP contribution in [0.1, 0.15) is 37.4 Å². The molecule has 0 fully saturated rings. The topological polar surface area (TPSA) is 71.1 Å². The van der Waals surface area contributed by atoms with E-state index in [4.69, 9.17) is 18.9 Å². The van der Waals surface area contributed by atoms with Gasteiger partial charge in [0.25, 0.3) is 0 Å². The monoisotopic (exact) mass is 492 g/mol. The summed E-state index contributed by atoms with van der Waals surface area (Å²) in [6, 6.07) is 15.7. The fourth-order valence-electron chi connectivity index (χ4n) is 3.65. The Balaban J connectivity index is 1.42. The zero-order valence-corrected chi connectivity index (χ0v) is 18.6. The molecule has 2 heterocycles. The third-order valence-corrected chi connectivity index (χ3v) is 5.66. The van der Waals surface area contributed by atoms with E-state index in [1.165, 1.54) is 0 Å². The summed E-state index contributed by atoms with van der Waals surface area (Å²) in [6.45, 7) is 2.42. The largest absolute Gasteiger partial charge is 0.467 e. The highest BCUT2D eigenvalue weighted by molar-refractivity contribution is 9.10. The van der Waals surface area contributed by atoms with Gasteiger partial charge in [-0.15, -0.1) is 0 Å². The minimum atomic E-state index is -0.469. The lowest BCUT2D eigenvalue weighted by Gasteiger charge is -2.20. The van der Waals surface area contributed by atoms with E-state index < -0.39 is 5.97 Å². The highest BCUT2D eigenvalue weighted by Gasteiger charge is 2.29. The van der Waals surface area contributed by atoms with Crippen LogP contribution >= 0.6 is 15.9 Å². The second-order valence-corrected chi connectivity index (χ2v) is 8.31. The van der Waals surface area contributed by atoms with E-state index in [2.05, 4.69) is 15.9 Å². The number of carbonyl (C=O) groups is 2. The second-order valence-electron chi connectivity index (χ2n) is 7.40. The Kier molecular flexibility index (Phi) is 5.28. The SMILES string of the molecule is Cc1ccccc1C(=O)Oc1ccc2c(c1)O/C(=C\c1cc(Br)cc3c1OCOC3)C2=O. The summed E-state index contributed by atoms with van der Waals surface area (Å²) >= 11 is 3.48. The fourth-order valence-corrected chi connectivity index (χ4v) is 4.17. The van der Waals surface area contributed by atoms with E-state index in [0.717, 1.165) is 15.6 Å². The summed E-state index contributed by atoms with van der Waals surface area (Å²) in [5, 5.41) is 0. The van der Waals surface area contributed by atoms with Gasteiger partial charge in [-0.25, -0.2) is 4.79 Å². The molecule has 0 bridgehead atoms. The molecule has 32 heavy (non-hydrogen) atoms. The van der Waals surface area contributed by atoms with Crippen molar-refractivity contribution >= 4 is 33.8 Å². The number of fused-ring (bicyclic) bond motifs is 2. The number of carbonyl (C=O) groups excluding carboxylic acids is 2. The molecule has 3 aromatic rings. The van der Waals surface area contributed by atoms with Crippen LogP contribution in [0.2, 0.25) is 0 Å². The zero-order valence-electron chi connectivity index (χ0n) is 17.0. The summed E-state index contributed by atoms with van der Waals surface area (Å²) in [6.07, 6.45) is 1.65. The molecule has 0 unspecified atom stereocenters. The van der Waals surface area contributed by atoms with E-state index >= 15 is 0 Å². The third-order valence-electron chi connectivity index (χ3n) is 5.21. The molecule has 3 aromatic carbocycles. The molecule has 2 aliphatic heterocycles. The molecule has 6 nitrogen and oxygen atoms in total. The molecule has 2 aliphatic rings. The molecule has 5 rings (SSSR count). The quantitative estimate of drug-likeness (QED) is 0.274. The van der Waals surface area contributed by atoms with Gasteiger partial charge in [0, 0.05) is 21.7 Å². The summed E-state index contributed by atoms with van der Waals surface area (Å²) in [7, 11) is 0. The van der Waals surface area contributed by atoms with E-state index in [1.54, 1.807) is 36.4 Å². The van der Waals surface area contributed by atoms with Crippen molar-refractivity contribution in [2.45, 2.75) is 13.5 Å². The van der Waals surface area contributed by atoms with Gasteiger partial charge in [0.15, 0.2) is 12.6 Å². The van der Waals surface area contributed by atoms with E-state index in [-0.39, 0.29) is 18.3 Å². The highest BCUT2D eigenvalue weighted by atomic mass is 79.9. The van der Waals surface area contributed by atoms with Gasteiger partial charge in [-0.1, -0.05) is 34.1 Å². The first-order valence-electron chi connectivity index (χ1n) is 9.88. The summed E-state index contributed by atoms with van der Waals surface area (Å²) in [4.78, 5) is 25.4. The molecule has 0 saturated carbocycles. The molecule has 7 heteroatoms. The molecule has 0 aliphatic carbocycles. The average Bonchev–Trinajstić information content (AvgIpc) is 3.08. The molecule has 0 N–H and O–H groups in total. The van der Waals surface area contributed by atoms with Crippen LogP contribution in [0.4, 0.5) is 0 Å². The number of halogens is 1. The molecule has 0 saturated heterocycles. The third kappa shape index (κ3) is 3.81. The zero-order chi connectivity index (χ0) is 22.2. The summed E-state index contributed by atoms with van der Waals surface area (Å²) in [5.74, 6) is 0.738. The Labute approximate surface area is 192 Å². The normalized spacial score (nSPS) is 15.6. The van der Waals surface area contributed by atoms with Crippen LogP contribution in [-0.2, 0) is 11.3 Å². The van der Waals surface area contributed by atoms with Gasteiger partial charge in [0.1, 0.15) is 17.2 Å². The van der Waals surface area contributed by atoms with Gasteiger partial charge in [0.05, 0.1) is 17.7 Å². The number of Topliss-reactive ketones (excluding diaryl/α,β-unsaturated/α-hetero) is 1. The molecule has 0 aromatic heterocycles. The van der Waals surface area contributed by atoms with Gasteiger partial charge in [-0.3, -0.25) is 4.79 Å². The van der Waals surface area contributed by atoms with Crippen LogP contribution in [0.15, 0.2) is 64.8 Å². The number of esters is 1. The van der Waals surface area contributed by atoms with Gasteiger partial charge >= 0.3 is 5.97 Å². The Morgan fingerprint density at radius 3 is 2.81 bits per heavy atom. The van der Waals surface area contributed by atoms with Crippen LogP contribution in [0.25, 0.3) is 6.08 Å². The number of aryl methyl sites for hydroxylation is 1. The number of benzene rings is 3. The van der Waals surface area contributed by atoms with Crippen LogP contribution in [-0.4, -0.2) is 18.5 Å². The van der Waals surface area contributed by atoms with Crippen LogP contribution < -0.4 is 14.2 Å². The van der Waals surface area contributed by atoms with Crippen molar-refractivity contribution in [2.24, 2.45) is 0 Å². The molecular weight excluding hydrogens is 476 g/mol. The van der Waals surface area contributed by atoms with Crippen molar-refractivity contribution in [3.8, 4) is 17.2 Å². The first kappa shape index (κ1) is 20.5. The first-order valence-corrected chi connectivity index (χ1v) is 10.7. The summed E-state index contributed by atoms with van der Waals surface area (Å²) in [5.41, 5.74) is 3.29. The standard InChI is InChI=1S/C25H17BrO6/c1-14-4-2-3-5-19(14)25(28)31-18-6-7-20-21(11-18)32-22(23(20)27)10-15-8-17(26)9-16-12-29-13-30-24(15)16/h2-11H,12-13H2,1H3/b22-10-. The van der Waals surface area contributed by atoms with Crippen molar-refractivity contribution in [3.05, 3.63) is 92.6 Å². The van der Waals surface area contributed by atoms with Crippen LogP contribution in [0.3, 0.4) is 0 Å². The number of ether oxygens (including phenoxy) is 4. The lowest BCUT2D eigenvalue weighted by molar-refractivity contribution is -0.0165. The van der Waals surface area contributed by atoms with Crippen LogP contribution in [0, 0.1) is 6.92 Å². The molecule has 0 atom stereocenters. The summed E-state index contributed by atoms with van der Waals surface area (Å²) < 4.78 is 23.1. The maximum Gasteiger partial charge on any atom is 0.343 e. The molecule has 0 spiro atoms. The Morgan fingerprint density at radius 1 is 1.12 bits per heavy atom. The predicted molar refractivity (Wildman–Crippen MR) is 120 cm³/mol. The van der Waals surface area contributed by atoms with Gasteiger partial charge in [-0.2, -0.15) is 0 Å². The number of hydrogen-bond acceptors (Lipinski definition) is 6. The maximum absolute atomic E-state index is 12.9. The van der Waals surface area contributed by atoms with Crippen molar-refractivity contribution in [2.75, 3.05) is 6.79 Å².